The molecule has 1 N–H and O–H groups in total. The topological polar surface area (TPSA) is 46.2 Å². The Kier molecular flexibility index (Phi) is 5.14. The number of aryl methyl sites for hydroxylation is 1. The summed E-state index contributed by atoms with van der Waals surface area (Å²) in [6.45, 7) is 3.57. The van der Waals surface area contributed by atoms with E-state index in [0.717, 1.165) is 12.0 Å². The fourth-order valence-corrected chi connectivity index (χ4v) is 1.58. The van der Waals surface area contributed by atoms with Gasteiger partial charge in [0.25, 0.3) is 0 Å². The number of benzene rings is 1. The Morgan fingerprint density at radius 2 is 1.82 bits per heavy atom. The predicted octanol–water partition coefficient (Wildman–Crippen LogP) is 2.01. The van der Waals surface area contributed by atoms with E-state index >= 15 is 0 Å². The molecule has 0 spiro atoms. The Morgan fingerprint density at radius 1 is 1.24 bits per heavy atom. The molecule has 0 heterocycles. The Balaban J connectivity index is 2.78. The first-order valence-electron chi connectivity index (χ1n) is 5.64. The maximum Gasteiger partial charge on any atom is 0.211 e. The minimum Gasteiger partial charge on any atom is -0.332 e. The van der Waals surface area contributed by atoms with E-state index in [0.29, 0.717) is 18.5 Å². The van der Waals surface area contributed by atoms with Crippen LogP contribution in [-0.4, -0.2) is 12.2 Å². The van der Waals surface area contributed by atoms with Crippen LogP contribution in [0.1, 0.15) is 25.0 Å². The number of hydrogen-bond donors (Lipinski definition) is 1. The molecule has 1 aromatic rings. The van der Waals surface area contributed by atoms with Gasteiger partial charge in [0, 0.05) is 18.2 Å². The summed E-state index contributed by atoms with van der Waals surface area (Å²) in [5, 5.41) is 2.55. The van der Waals surface area contributed by atoms with Gasteiger partial charge in [0.1, 0.15) is 0 Å². The van der Waals surface area contributed by atoms with Crippen molar-refractivity contribution in [3.63, 3.8) is 0 Å². The van der Waals surface area contributed by atoms with E-state index in [1.165, 1.54) is 18.6 Å². The molecule has 0 fully saturated rings. The molecule has 0 unspecified atom stereocenters. The van der Waals surface area contributed by atoms with Crippen molar-refractivity contribution in [2.24, 2.45) is 0 Å². The van der Waals surface area contributed by atoms with E-state index in [2.05, 4.69) is 24.4 Å². The minimum atomic E-state index is -0.0699. The summed E-state index contributed by atoms with van der Waals surface area (Å²) in [5.74, 6) is -0.0699. The van der Waals surface area contributed by atoms with Gasteiger partial charge in [-0.15, -0.1) is 0 Å². The van der Waals surface area contributed by atoms with Crippen molar-refractivity contribution >= 4 is 12.2 Å². The maximum absolute atomic E-state index is 11.0. The molecule has 1 rings (SSSR count). The SMILES string of the molecule is CCc1ccc(C/C(=C\C(C)=O)NC=O)cc1. The lowest BCUT2D eigenvalue weighted by Gasteiger charge is -2.06. The van der Waals surface area contributed by atoms with Crippen LogP contribution < -0.4 is 5.32 Å². The lowest BCUT2D eigenvalue weighted by atomic mass is 10.1. The number of nitrogens with one attached hydrogen (secondary N) is 1. The lowest BCUT2D eigenvalue weighted by molar-refractivity contribution is -0.112. The van der Waals surface area contributed by atoms with Gasteiger partial charge in [-0.25, -0.2) is 0 Å². The summed E-state index contributed by atoms with van der Waals surface area (Å²) >= 11 is 0. The smallest absolute Gasteiger partial charge is 0.211 e. The van der Waals surface area contributed by atoms with Gasteiger partial charge >= 0.3 is 0 Å². The van der Waals surface area contributed by atoms with E-state index in [1.807, 2.05) is 12.1 Å². The molecular formula is C14H17NO2. The monoisotopic (exact) mass is 231 g/mol. The molecule has 90 valence electrons. The van der Waals surface area contributed by atoms with E-state index in [4.69, 9.17) is 0 Å². The maximum atomic E-state index is 11.0. The molecular weight excluding hydrogens is 214 g/mol. The van der Waals surface area contributed by atoms with Crippen LogP contribution in [-0.2, 0) is 22.4 Å². The normalized spacial score (nSPS) is 11.1. The highest BCUT2D eigenvalue weighted by atomic mass is 16.1. The molecule has 0 aromatic heterocycles. The summed E-state index contributed by atoms with van der Waals surface area (Å²) in [4.78, 5) is 21.4. The molecule has 0 bridgehead atoms. The van der Waals surface area contributed by atoms with Crippen molar-refractivity contribution in [3.05, 3.63) is 47.2 Å². The zero-order valence-corrected chi connectivity index (χ0v) is 10.2. The van der Waals surface area contributed by atoms with Crippen LogP contribution in [0, 0.1) is 0 Å². The van der Waals surface area contributed by atoms with Crippen LogP contribution in [0.3, 0.4) is 0 Å². The second kappa shape index (κ2) is 6.63. The summed E-state index contributed by atoms with van der Waals surface area (Å²) in [6.07, 6.45) is 3.60. The van der Waals surface area contributed by atoms with Crippen molar-refractivity contribution in [2.45, 2.75) is 26.7 Å². The van der Waals surface area contributed by atoms with Crippen LogP contribution in [0.2, 0.25) is 0 Å². The van der Waals surface area contributed by atoms with Gasteiger partial charge in [0.05, 0.1) is 0 Å². The number of amides is 1. The zero-order valence-electron chi connectivity index (χ0n) is 10.2. The molecule has 0 saturated heterocycles. The van der Waals surface area contributed by atoms with Crippen molar-refractivity contribution in [3.8, 4) is 0 Å². The van der Waals surface area contributed by atoms with Gasteiger partial charge in [-0.1, -0.05) is 31.2 Å². The Bertz CT molecular complexity index is 418. The van der Waals surface area contributed by atoms with Crippen molar-refractivity contribution in [1.29, 1.82) is 0 Å². The average molecular weight is 231 g/mol. The molecule has 0 radical (unpaired) electrons. The summed E-state index contributed by atoms with van der Waals surface area (Å²) < 4.78 is 0. The lowest BCUT2D eigenvalue weighted by Crippen LogP contribution is -2.13. The molecule has 1 aromatic carbocycles. The third-order valence-corrected chi connectivity index (χ3v) is 2.45. The number of carbonyl (C=O) groups excluding carboxylic acids is 2. The molecule has 0 atom stereocenters. The molecule has 0 aliphatic heterocycles. The van der Waals surface area contributed by atoms with Gasteiger partial charge in [-0.3, -0.25) is 9.59 Å². The van der Waals surface area contributed by atoms with E-state index in [9.17, 15) is 9.59 Å². The summed E-state index contributed by atoms with van der Waals surface area (Å²) in [6, 6.07) is 8.14. The van der Waals surface area contributed by atoms with Crippen LogP contribution in [0.25, 0.3) is 0 Å². The van der Waals surface area contributed by atoms with Gasteiger partial charge < -0.3 is 5.32 Å². The first-order chi connectivity index (χ1) is 8.15. The Labute approximate surface area is 102 Å². The molecule has 1 amide bonds. The molecule has 17 heavy (non-hydrogen) atoms. The van der Waals surface area contributed by atoms with E-state index < -0.39 is 0 Å². The number of hydrogen-bond acceptors (Lipinski definition) is 2. The zero-order chi connectivity index (χ0) is 12.7. The number of allylic oxidation sites excluding steroid dienone is 2. The minimum absolute atomic E-state index is 0.0699. The van der Waals surface area contributed by atoms with Crippen LogP contribution in [0.15, 0.2) is 36.0 Å². The number of carbonyl (C=O) groups is 2. The number of ketones is 1. The number of rotatable bonds is 6. The van der Waals surface area contributed by atoms with Crippen molar-refractivity contribution in [1.82, 2.24) is 5.32 Å². The fourth-order valence-electron chi connectivity index (χ4n) is 1.58. The van der Waals surface area contributed by atoms with Gasteiger partial charge in [0.2, 0.25) is 6.41 Å². The van der Waals surface area contributed by atoms with Gasteiger partial charge in [-0.05, 0) is 24.5 Å². The fraction of sp³-hybridized carbons (Fsp3) is 0.286. The Hall–Kier alpha value is -1.90. The van der Waals surface area contributed by atoms with Gasteiger partial charge in [-0.2, -0.15) is 0 Å². The molecule has 3 heteroatoms. The van der Waals surface area contributed by atoms with E-state index in [-0.39, 0.29) is 5.78 Å². The highest BCUT2D eigenvalue weighted by Gasteiger charge is 2.00. The third-order valence-electron chi connectivity index (χ3n) is 2.45. The molecule has 0 aliphatic rings. The third kappa shape index (κ3) is 4.64. The second-order valence-electron chi connectivity index (χ2n) is 3.89. The summed E-state index contributed by atoms with van der Waals surface area (Å²) in [7, 11) is 0. The molecule has 0 saturated carbocycles. The predicted molar refractivity (Wildman–Crippen MR) is 67.5 cm³/mol. The molecule has 0 aliphatic carbocycles. The Morgan fingerprint density at radius 3 is 2.29 bits per heavy atom. The van der Waals surface area contributed by atoms with Crippen LogP contribution in [0.4, 0.5) is 0 Å². The van der Waals surface area contributed by atoms with Crippen LogP contribution in [0.5, 0.6) is 0 Å². The summed E-state index contributed by atoms with van der Waals surface area (Å²) in [5.41, 5.74) is 2.97. The van der Waals surface area contributed by atoms with Gasteiger partial charge in [0.15, 0.2) is 5.78 Å². The van der Waals surface area contributed by atoms with Crippen LogP contribution >= 0.6 is 0 Å². The standard InChI is InChI=1S/C14H17NO2/c1-3-12-4-6-13(7-5-12)9-14(15-10-16)8-11(2)17/h4-8,10H,3,9H2,1-2H3,(H,15,16)/b14-8+. The highest BCUT2D eigenvalue weighted by Crippen LogP contribution is 2.09. The quantitative estimate of drug-likeness (QED) is 0.601. The second-order valence-corrected chi connectivity index (χ2v) is 3.89. The first-order valence-corrected chi connectivity index (χ1v) is 5.64. The average Bonchev–Trinajstić information content (AvgIpc) is 2.29. The largest absolute Gasteiger partial charge is 0.332 e. The van der Waals surface area contributed by atoms with Crippen molar-refractivity contribution in [2.75, 3.05) is 0 Å². The highest BCUT2D eigenvalue weighted by molar-refractivity contribution is 5.88. The van der Waals surface area contributed by atoms with Crippen molar-refractivity contribution < 1.29 is 9.59 Å². The first kappa shape index (κ1) is 13.2. The van der Waals surface area contributed by atoms with E-state index in [1.54, 1.807) is 0 Å². The molecule has 3 nitrogen and oxygen atoms in total.